The smallest absolute Gasteiger partial charge is 0.204 e. The zero-order valence-electron chi connectivity index (χ0n) is 10.0. The van der Waals surface area contributed by atoms with Gasteiger partial charge in [0.25, 0.3) is 0 Å². The molecule has 0 aromatic heterocycles. The van der Waals surface area contributed by atoms with E-state index in [2.05, 4.69) is 4.90 Å². The van der Waals surface area contributed by atoms with Gasteiger partial charge >= 0.3 is 0 Å². The van der Waals surface area contributed by atoms with Gasteiger partial charge in [-0.2, -0.15) is 0 Å². The third-order valence-corrected chi connectivity index (χ3v) is 5.24. The average molecular weight is 265 g/mol. The number of hydrogen-bond acceptors (Lipinski definition) is 4. The van der Waals surface area contributed by atoms with Crippen LogP contribution < -0.4 is 0 Å². The zero-order chi connectivity index (χ0) is 12.6. The molecule has 2 aliphatic heterocycles. The summed E-state index contributed by atoms with van der Waals surface area (Å²) < 4.78 is 29.9. The summed E-state index contributed by atoms with van der Waals surface area (Å²) in [4.78, 5) is 3.07. The third-order valence-electron chi connectivity index (χ3n) is 3.35. The molecule has 2 heterocycles. The lowest BCUT2D eigenvalue weighted by atomic mass is 10.2. The van der Waals surface area contributed by atoms with Crippen LogP contribution in [0.2, 0.25) is 0 Å². The number of ether oxygens (including phenoxy) is 1. The topological polar surface area (TPSA) is 46.6 Å². The molecule has 2 aliphatic rings. The highest BCUT2D eigenvalue weighted by molar-refractivity contribution is 7.95. The molecular formula is C13H15NO3S. The molecule has 0 bridgehead atoms. The number of morpholine rings is 1. The molecule has 1 fully saturated rings. The molecule has 0 unspecified atom stereocenters. The fourth-order valence-corrected chi connectivity index (χ4v) is 3.96. The lowest BCUT2D eigenvalue weighted by molar-refractivity contribution is 0.0430. The van der Waals surface area contributed by atoms with Crippen molar-refractivity contribution in [3.63, 3.8) is 0 Å². The van der Waals surface area contributed by atoms with Crippen LogP contribution in [0.15, 0.2) is 34.1 Å². The second kappa shape index (κ2) is 4.50. The fraction of sp³-hybridized carbons (Fsp3) is 0.385. The van der Waals surface area contributed by atoms with Crippen LogP contribution in [0.4, 0.5) is 0 Å². The molecule has 3 rings (SSSR count). The van der Waals surface area contributed by atoms with Gasteiger partial charge in [0.2, 0.25) is 9.84 Å². The number of hydrogen-bond donors (Lipinski definition) is 0. The zero-order valence-corrected chi connectivity index (χ0v) is 10.8. The fourth-order valence-electron chi connectivity index (χ4n) is 2.35. The van der Waals surface area contributed by atoms with Crippen LogP contribution in [0, 0.1) is 0 Å². The molecule has 1 saturated heterocycles. The molecule has 1 aromatic carbocycles. The second-order valence-corrected chi connectivity index (χ2v) is 6.51. The van der Waals surface area contributed by atoms with Crippen LogP contribution in [-0.4, -0.2) is 46.2 Å². The van der Waals surface area contributed by atoms with Crippen LogP contribution >= 0.6 is 0 Å². The van der Waals surface area contributed by atoms with Crippen LogP contribution in [0.25, 0.3) is 6.08 Å². The Hall–Kier alpha value is -1.17. The Bertz CT molecular complexity index is 586. The van der Waals surface area contributed by atoms with Gasteiger partial charge in [-0.1, -0.05) is 18.2 Å². The van der Waals surface area contributed by atoms with E-state index < -0.39 is 9.84 Å². The molecule has 0 atom stereocenters. The highest BCUT2D eigenvalue weighted by Gasteiger charge is 2.30. The predicted octanol–water partition coefficient (Wildman–Crippen LogP) is 1.15. The molecule has 0 spiro atoms. The van der Waals surface area contributed by atoms with Crippen molar-refractivity contribution in [3.8, 4) is 0 Å². The first-order chi connectivity index (χ1) is 8.68. The Morgan fingerprint density at radius 3 is 2.61 bits per heavy atom. The Morgan fingerprint density at radius 1 is 1.17 bits per heavy atom. The molecule has 0 saturated carbocycles. The summed E-state index contributed by atoms with van der Waals surface area (Å²) in [5, 5.41) is 0. The predicted molar refractivity (Wildman–Crippen MR) is 68.9 cm³/mol. The highest BCUT2D eigenvalue weighted by Crippen LogP contribution is 2.32. The van der Waals surface area contributed by atoms with Crippen molar-refractivity contribution < 1.29 is 13.2 Å². The quantitative estimate of drug-likeness (QED) is 0.804. The van der Waals surface area contributed by atoms with Crippen molar-refractivity contribution in [3.05, 3.63) is 34.7 Å². The van der Waals surface area contributed by atoms with Gasteiger partial charge in [0.1, 0.15) is 0 Å². The number of benzene rings is 1. The van der Waals surface area contributed by atoms with Crippen molar-refractivity contribution >= 4 is 15.9 Å². The van der Waals surface area contributed by atoms with Crippen LogP contribution in [-0.2, 0) is 14.6 Å². The normalized spacial score (nSPS) is 22.6. The molecule has 4 nitrogen and oxygen atoms in total. The second-order valence-electron chi connectivity index (χ2n) is 4.54. The SMILES string of the molecule is O=S1(=O)C(CN2CCOCC2)=Cc2ccccc21. The minimum absolute atomic E-state index is 0.438. The standard InChI is InChI=1S/C13H15NO3S/c15-18(16)12(10-14-5-7-17-8-6-14)9-11-3-1-2-4-13(11)18/h1-4,9H,5-8,10H2. The van der Waals surface area contributed by atoms with Gasteiger partial charge in [-0.25, -0.2) is 8.42 Å². The molecular weight excluding hydrogens is 250 g/mol. The summed E-state index contributed by atoms with van der Waals surface area (Å²) in [7, 11) is -3.27. The molecule has 0 radical (unpaired) electrons. The van der Waals surface area contributed by atoms with E-state index in [-0.39, 0.29) is 0 Å². The van der Waals surface area contributed by atoms with E-state index in [4.69, 9.17) is 4.74 Å². The van der Waals surface area contributed by atoms with Gasteiger partial charge in [0.15, 0.2) is 0 Å². The number of rotatable bonds is 2. The van der Waals surface area contributed by atoms with E-state index in [1.807, 2.05) is 12.1 Å². The van der Waals surface area contributed by atoms with E-state index in [0.717, 1.165) is 18.7 Å². The summed E-state index contributed by atoms with van der Waals surface area (Å²) in [5.41, 5.74) is 0.806. The maximum Gasteiger partial charge on any atom is 0.204 e. The van der Waals surface area contributed by atoms with Gasteiger partial charge in [-0.3, -0.25) is 4.90 Å². The van der Waals surface area contributed by atoms with Crippen molar-refractivity contribution in [1.29, 1.82) is 0 Å². The molecule has 0 aliphatic carbocycles. The molecule has 1 aromatic rings. The Morgan fingerprint density at radius 2 is 1.89 bits per heavy atom. The lowest BCUT2D eigenvalue weighted by Crippen LogP contribution is -2.38. The Balaban J connectivity index is 1.86. The van der Waals surface area contributed by atoms with Gasteiger partial charge in [0.05, 0.1) is 23.0 Å². The minimum Gasteiger partial charge on any atom is -0.379 e. The third kappa shape index (κ3) is 1.98. The maximum atomic E-state index is 12.3. The average Bonchev–Trinajstić information content (AvgIpc) is 2.63. The monoisotopic (exact) mass is 265 g/mol. The lowest BCUT2D eigenvalue weighted by Gasteiger charge is -2.26. The summed E-state index contributed by atoms with van der Waals surface area (Å²) in [6, 6.07) is 7.15. The van der Waals surface area contributed by atoms with Gasteiger partial charge in [0, 0.05) is 19.6 Å². The first-order valence-electron chi connectivity index (χ1n) is 6.03. The highest BCUT2D eigenvalue weighted by atomic mass is 32.2. The molecule has 18 heavy (non-hydrogen) atoms. The van der Waals surface area contributed by atoms with Crippen LogP contribution in [0.1, 0.15) is 5.56 Å². The van der Waals surface area contributed by atoms with Crippen LogP contribution in [0.5, 0.6) is 0 Å². The molecule has 0 N–H and O–H groups in total. The number of fused-ring (bicyclic) bond motifs is 1. The van der Waals surface area contributed by atoms with E-state index in [0.29, 0.717) is 29.6 Å². The van der Waals surface area contributed by atoms with E-state index >= 15 is 0 Å². The van der Waals surface area contributed by atoms with Gasteiger partial charge in [-0.15, -0.1) is 0 Å². The summed E-state index contributed by atoms with van der Waals surface area (Å²) in [5.74, 6) is 0. The van der Waals surface area contributed by atoms with Crippen molar-refractivity contribution in [2.75, 3.05) is 32.8 Å². The first kappa shape index (κ1) is 11.9. The van der Waals surface area contributed by atoms with Crippen molar-refractivity contribution in [2.24, 2.45) is 0 Å². The number of nitrogens with zero attached hydrogens (tertiary/aromatic N) is 1. The minimum atomic E-state index is -3.27. The van der Waals surface area contributed by atoms with Crippen molar-refractivity contribution in [2.45, 2.75) is 4.90 Å². The largest absolute Gasteiger partial charge is 0.379 e. The maximum absolute atomic E-state index is 12.3. The van der Waals surface area contributed by atoms with E-state index in [1.54, 1.807) is 18.2 Å². The summed E-state index contributed by atoms with van der Waals surface area (Å²) >= 11 is 0. The molecule has 5 heteroatoms. The molecule has 0 amide bonds. The van der Waals surface area contributed by atoms with E-state index in [1.165, 1.54) is 0 Å². The Kier molecular flexibility index (Phi) is 2.97. The first-order valence-corrected chi connectivity index (χ1v) is 7.51. The molecule has 96 valence electrons. The van der Waals surface area contributed by atoms with Gasteiger partial charge < -0.3 is 4.74 Å². The number of sulfone groups is 1. The Labute approximate surface area is 107 Å². The van der Waals surface area contributed by atoms with Crippen LogP contribution in [0.3, 0.4) is 0 Å². The van der Waals surface area contributed by atoms with E-state index in [9.17, 15) is 8.42 Å². The van der Waals surface area contributed by atoms with Gasteiger partial charge in [-0.05, 0) is 17.7 Å². The summed E-state index contributed by atoms with van der Waals surface area (Å²) in [6.07, 6.45) is 1.79. The summed E-state index contributed by atoms with van der Waals surface area (Å²) in [6.45, 7) is 3.44. The van der Waals surface area contributed by atoms with Crippen molar-refractivity contribution in [1.82, 2.24) is 4.90 Å².